The second-order valence-electron chi connectivity index (χ2n) is 8.82. The zero-order valence-corrected chi connectivity index (χ0v) is 20.4. The molecule has 0 saturated carbocycles. The van der Waals surface area contributed by atoms with E-state index >= 15 is 0 Å². The molecule has 0 aliphatic carbocycles. The van der Waals surface area contributed by atoms with Crippen LogP contribution in [-0.4, -0.2) is 30.2 Å². The number of H-pyrrole nitrogens is 1. The lowest BCUT2D eigenvalue weighted by Gasteiger charge is -2.19. The van der Waals surface area contributed by atoms with Crippen LogP contribution in [0.15, 0.2) is 77.6 Å². The highest BCUT2D eigenvalue weighted by Crippen LogP contribution is 2.31. The molecule has 5 rings (SSSR count). The van der Waals surface area contributed by atoms with Gasteiger partial charge >= 0.3 is 0 Å². The predicted molar refractivity (Wildman–Crippen MR) is 138 cm³/mol. The third-order valence-electron chi connectivity index (χ3n) is 6.19. The molecular weight excluding hydrogens is 452 g/mol. The topological polar surface area (TPSA) is 98.6 Å². The summed E-state index contributed by atoms with van der Waals surface area (Å²) in [4.78, 5) is 17.3. The molecule has 0 fully saturated rings. The first-order valence-corrected chi connectivity index (χ1v) is 12.2. The number of nitrogens with zero attached hydrogens (tertiary/aromatic N) is 5. The molecule has 3 aromatic carbocycles. The number of tetrazole rings is 1. The number of hydrogen-bond acceptors (Lipinski definition) is 6. The van der Waals surface area contributed by atoms with Crippen molar-refractivity contribution in [2.75, 3.05) is 0 Å². The predicted octanol–water partition coefficient (Wildman–Crippen LogP) is 4.78. The lowest BCUT2D eigenvalue weighted by molar-refractivity contribution is 0.238. The fraction of sp³-hybridized carbons (Fsp3) is 0.250. The van der Waals surface area contributed by atoms with Crippen molar-refractivity contribution in [3.05, 3.63) is 112 Å². The van der Waals surface area contributed by atoms with Crippen molar-refractivity contribution in [1.29, 1.82) is 0 Å². The molecule has 5 aromatic rings. The molecule has 0 saturated heterocycles. The van der Waals surface area contributed by atoms with Gasteiger partial charge < -0.3 is 4.74 Å². The second-order valence-corrected chi connectivity index (χ2v) is 8.82. The minimum Gasteiger partial charge on any atom is -0.477 e. The Morgan fingerprint density at radius 2 is 1.83 bits per heavy atom. The molecule has 2 aromatic heterocycles. The fourth-order valence-corrected chi connectivity index (χ4v) is 4.38. The molecule has 0 spiro atoms. The van der Waals surface area contributed by atoms with E-state index in [0.29, 0.717) is 18.1 Å². The van der Waals surface area contributed by atoms with Crippen LogP contribution in [0.5, 0.6) is 5.75 Å². The van der Waals surface area contributed by atoms with E-state index in [0.717, 1.165) is 52.7 Å². The van der Waals surface area contributed by atoms with E-state index in [1.54, 1.807) is 10.6 Å². The minimum absolute atomic E-state index is 0.0259. The molecule has 8 heteroatoms. The molecule has 1 unspecified atom stereocenters. The molecule has 1 atom stereocenters. The quantitative estimate of drug-likeness (QED) is 0.326. The van der Waals surface area contributed by atoms with Gasteiger partial charge in [0.1, 0.15) is 11.6 Å². The van der Waals surface area contributed by atoms with Crippen molar-refractivity contribution in [2.24, 2.45) is 0 Å². The van der Waals surface area contributed by atoms with Gasteiger partial charge in [-0.1, -0.05) is 73.2 Å². The largest absolute Gasteiger partial charge is 0.477 e. The third-order valence-corrected chi connectivity index (χ3v) is 6.19. The molecule has 182 valence electrons. The maximum Gasteiger partial charge on any atom is 0.254 e. The zero-order valence-electron chi connectivity index (χ0n) is 20.4. The number of nitrogens with one attached hydrogen (secondary N) is 1. The van der Waals surface area contributed by atoms with Crippen LogP contribution in [0.1, 0.15) is 54.3 Å². The van der Waals surface area contributed by atoms with Crippen molar-refractivity contribution in [1.82, 2.24) is 30.2 Å². The first-order valence-electron chi connectivity index (χ1n) is 12.2. The SMILES string of the molecule is CCCCc1nc(C)cc(=O)n1Cc1ccc(OC(c2nn[nH]n2)c2cccc3ccccc23)cc1. The number of unbranched alkanes of at least 4 members (excludes halogenated alkanes) is 1. The van der Waals surface area contributed by atoms with Gasteiger partial charge in [-0.15, -0.1) is 10.2 Å². The highest BCUT2D eigenvalue weighted by molar-refractivity contribution is 5.86. The number of hydrogen-bond donors (Lipinski definition) is 1. The average molecular weight is 481 g/mol. The number of ether oxygens (including phenoxy) is 1. The van der Waals surface area contributed by atoms with E-state index in [-0.39, 0.29) is 5.56 Å². The summed E-state index contributed by atoms with van der Waals surface area (Å²) in [6.45, 7) is 4.46. The Morgan fingerprint density at radius 1 is 1.03 bits per heavy atom. The Labute approximate surface area is 209 Å². The van der Waals surface area contributed by atoms with Gasteiger partial charge in [-0.3, -0.25) is 9.36 Å². The summed E-state index contributed by atoms with van der Waals surface area (Å²) < 4.78 is 8.17. The Morgan fingerprint density at radius 3 is 2.61 bits per heavy atom. The number of aryl methyl sites for hydroxylation is 2. The number of fused-ring (bicyclic) bond motifs is 1. The van der Waals surface area contributed by atoms with Gasteiger partial charge in [-0.25, -0.2) is 4.98 Å². The lowest BCUT2D eigenvalue weighted by atomic mass is 10.00. The van der Waals surface area contributed by atoms with Crippen LogP contribution in [0.3, 0.4) is 0 Å². The van der Waals surface area contributed by atoms with Gasteiger partial charge in [0.05, 0.1) is 6.54 Å². The van der Waals surface area contributed by atoms with Gasteiger partial charge in [0.25, 0.3) is 5.56 Å². The van der Waals surface area contributed by atoms with Gasteiger partial charge in [-0.2, -0.15) is 5.21 Å². The summed E-state index contributed by atoms with van der Waals surface area (Å²) in [6.07, 6.45) is 2.29. The van der Waals surface area contributed by atoms with Gasteiger partial charge in [0.15, 0.2) is 6.10 Å². The van der Waals surface area contributed by atoms with Gasteiger partial charge in [0.2, 0.25) is 5.82 Å². The van der Waals surface area contributed by atoms with Crippen LogP contribution in [0.4, 0.5) is 0 Å². The molecule has 0 aliphatic heterocycles. The minimum atomic E-state index is -0.537. The van der Waals surface area contributed by atoms with E-state index in [1.165, 1.54) is 0 Å². The van der Waals surface area contributed by atoms with Crippen LogP contribution in [0.25, 0.3) is 10.8 Å². The summed E-state index contributed by atoms with van der Waals surface area (Å²) in [7, 11) is 0. The van der Waals surface area contributed by atoms with Crippen molar-refractivity contribution in [3.63, 3.8) is 0 Å². The molecule has 0 aliphatic rings. The van der Waals surface area contributed by atoms with Crippen LogP contribution in [0, 0.1) is 6.92 Å². The fourth-order valence-electron chi connectivity index (χ4n) is 4.38. The van der Waals surface area contributed by atoms with Crippen molar-refractivity contribution in [2.45, 2.75) is 45.8 Å². The number of rotatable bonds is 9. The summed E-state index contributed by atoms with van der Waals surface area (Å²) in [6, 6.07) is 23.6. The summed E-state index contributed by atoms with van der Waals surface area (Å²) in [5.74, 6) is 1.95. The highest BCUT2D eigenvalue weighted by Gasteiger charge is 2.23. The average Bonchev–Trinajstić information content (AvgIpc) is 3.43. The van der Waals surface area contributed by atoms with E-state index in [2.05, 4.69) is 50.7 Å². The van der Waals surface area contributed by atoms with Crippen LogP contribution < -0.4 is 10.3 Å². The Hall–Kier alpha value is -4.33. The van der Waals surface area contributed by atoms with E-state index in [1.807, 2.05) is 55.5 Å². The van der Waals surface area contributed by atoms with Crippen molar-refractivity contribution >= 4 is 10.8 Å². The van der Waals surface area contributed by atoms with Gasteiger partial charge in [-0.05, 0) is 41.8 Å². The number of benzene rings is 3. The molecule has 36 heavy (non-hydrogen) atoms. The molecular formula is C28H28N6O2. The maximum absolute atomic E-state index is 12.7. The highest BCUT2D eigenvalue weighted by atomic mass is 16.5. The Bertz CT molecular complexity index is 1500. The summed E-state index contributed by atoms with van der Waals surface area (Å²) in [5, 5.41) is 16.9. The van der Waals surface area contributed by atoms with Crippen molar-refractivity contribution < 1.29 is 4.74 Å². The molecule has 2 heterocycles. The summed E-state index contributed by atoms with van der Waals surface area (Å²) in [5.41, 5.74) is 2.68. The maximum atomic E-state index is 12.7. The number of aromatic nitrogens is 6. The van der Waals surface area contributed by atoms with E-state index in [4.69, 9.17) is 4.74 Å². The first kappa shape index (κ1) is 23.4. The van der Waals surface area contributed by atoms with Crippen LogP contribution >= 0.6 is 0 Å². The second kappa shape index (κ2) is 10.5. The summed E-state index contributed by atoms with van der Waals surface area (Å²) >= 11 is 0. The lowest BCUT2D eigenvalue weighted by Crippen LogP contribution is -2.25. The monoisotopic (exact) mass is 480 g/mol. The van der Waals surface area contributed by atoms with Crippen molar-refractivity contribution in [3.8, 4) is 5.75 Å². The standard InChI is InChI=1S/C28H28N6O2/c1-3-4-12-25-29-19(2)17-26(35)34(25)18-20-13-15-22(16-14-20)36-27(28-30-32-33-31-28)24-11-7-9-21-8-5-6-10-23(21)24/h5-11,13-17,27H,3-4,12,18H2,1-2H3,(H,30,31,32,33). The van der Waals surface area contributed by atoms with E-state index in [9.17, 15) is 4.79 Å². The number of aromatic amines is 1. The normalized spacial score (nSPS) is 12.1. The molecule has 0 radical (unpaired) electrons. The smallest absolute Gasteiger partial charge is 0.254 e. The van der Waals surface area contributed by atoms with Gasteiger partial charge in [0, 0.05) is 23.7 Å². The van der Waals surface area contributed by atoms with Crippen LogP contribution in [0.2, 0.25) is 0 Å². The zero-order chi connectivity index (χ0) is 24.9. The Kier molecular flexibility index (Phi) is 6.84. The molecule has 8 nitrogen and oxygen atoms in total. The van der Waals surface area contributed by atoms with Crippen LogP contribution in [-0.2, 0) is 13.0 Å². The molecule has 0 amide bonds. The molecule has 1 N–H and O–H groups in total. The first-order chi connectivity index (χ1) is 17.6. The Balaban J connectivity index is 1.42. The third kappa shape index (κ3) is 5.02. The van der Waals surface area contributed by atoms with E-state index < -0.39 is 6.10 Å². The molecule has 0 bridgehead atoms.